The number of anilines is 1. The number of thiazole rings is 2. The third-order valence-electron chi connectivity index (χ3n) is 2.50. The summed E-state index contributed by atoms with van der Waals surface area (Å²) in [6, 6.07) is 6.61. The molecule has 0 amide bonds. The van der Waals surface area contributed by atoms with Crippen molar-refractivity contribution in [2.24, 2.45) is 0 Å². The average molecular weight is 323 g/mol. The van der Waals surface area contributed by atoms with Crippen molar-refractivity contribution in [3.05, 3.63) is 47.4 Å². The second kappa shape index (κ2) is 5.31. The van der Waals surface area contributed by atoms with E-state index in [0.717, 1.165) is 10.6 Å². The molecule has 3 rings (SSSR count). The van der Waals surface area contributed by atoms with Crippen LogP contribution in [0.3, 0.4) is 0 Å². The molecule has 0 aliphatic heterocycles. The molecule has 0 saturated carbocycles. The van der Waals surface area contributed by atoms with Crippen molar-refractivity contribution < 1.29 is 8.42 Å². The largest absolute Gasteiger partial charge is 0.263 e. The number of nitrogens with zero attached hydrogens (tertiary/aromatic N) is 2. The minimum Gasteiger partial charge on any atom is -0.255 e. The molecule has 2 aromatic heterocycles. The van der Waals surface area contributed by atoms with E-state index in [2.05, 4.69) is 14.7 Å². The van der Waals surface area contributed by atoms with Gasteiger partial charge in [-0.3, -0.25) is 4.72 Å². The maximum Gasteiger partial charge on any atom is 0.263 e. The van der Waals surface area contributed by atoms with Gasteiger partial charge in [-0.25, -0.2) is 18.4 Å². The predicted octanol–water partition coefficient (Wildman–Crippen LogP) is 3.07. The van der Waals surface area contributed by atoms with Crippen LogP contribution in [-0.2, 0) is 10.0 Å². The number of aromatic nitrogens is 2. The summed E-state index contributed by atoms with van der Waals surface area (Å²) >= 11 is 2.74. The number of hydrogen-bond acceptors (Lipinski definition) is 6. The van der Waals surface area contributed by atoms with Crippen molar-refractivity contribution in [2.45, 2.75) is 4.90 Å². The molecule has 20 heavy (non-hydrogen) atoms. The predicted molar refractivity (Wildman–Crippen MR) is 80.5 cm³/mol. The molecule has 0 bridgehead atoms. The Morgan fingerprint density at radius 2 is 1.65 bits per heavy atom. The number of rotatable bonds is 4. The molecule has 0 radical (unpaired) electrons. The van der Waals surface area contributed by atoms with Crippen molar-refractivity contribution in [3.8, 4) is 10.6 Å². The Bertz CT molecular complexity index is 779. The smallest absolute Gasteiger partial charge is 0.255 e. The van der Waals surface area contributed by atoms with Gasteiger partial charge in [-0.2, -0.15) is 0 Å². The summed E-state index contributed by atoms with van der Waals surface area (Å²) in [4.78, 5) is 8.29. The number of sulfonamides is 1. The Labute approximate surface area is 124 Å². The average Bonchev–Trinajstić information content (AvgIpc) is 3.11. The van der Waals surface area contributed by atoms with Crippen LogP contribution in [0.25, 0.3) is 10.6 Å². The van der Waals surface area contributed by atoms with Gasteiger partial charge in [0.05, 0.1) is 4.90 Å². The van der Waals surface area contributed by atoms with Crippen LogP contribution in [0.5, 0.6) is 0 Å². The Balaban J connectivity index is 1.87. The van der Waals surface area contributed by atoms with E-state index in [4.69, 9.17) is 0 Å². The van der Waals surface area contributed by atoms with Crippen molar-refractivity contribution >= 4 is 37.8 Å². The topological polar surface area (TPSA) is 72.0 Å². The zero-order valence-electron chi connectivity index (χ0n) is 10.1. The van der Waals surface area contributed by atoms with Gasteiger partial charge in [-0.15, -0.1) is 22.7 Å². The Kier molecular flexibility index (Phi) is 3.51. The molecule has 5 nitrogen and oxygen atoms in total. The zero-order valence-corrected chi connectivity index (χ0v) is 12.5. The lowest BCUT2D eigenvalue weighted by Gasteiger charge is -2.05. The van der Waals surface area contributed by atoms with Gasteiger partial charge in [0.1, 0.15) is 5.01 Å². The minimum atomic E-state index is -3.59. The highest BCUT2D eigenvalue weighted by Crippen LogP contribution is 2.24. The van der Waals surface area contributed by atoms with Crippen molar-refractivity contribution in [3.63, 3.8) is 0 Å². The maximum atomic E-state index is 12.1. The molecular weight excluding hydrogens is 314 g/mol. The fourth-order valence-corrected chi connectivity index (χ4v) is 4.02. The van der Waals surface area contributed by atoms with Crippen LogP contribution < -0.4 is 4.72 Å². The Hall–Kier alpha value is -1.77. The van der Waals surface area contributed by atoms with Crippen molar-refractivity contribution in [2.75, 3.05) is 4.72 Å². The monoisotopic (exact) mass is 323 g/mol. The normalized spacial score (nSPS) is 11.4. The first-order chi connectivity index (χ1) is 9.65. The highest BCUT2D eigenvalue weighted by molar-refractivity contribution is 7.93. The van der Waals surface area contributed by atoms with Gasteiger partial charge in [0.2, 0.25) is 0 Å². The first-order valence-electron chi connectivity index (χ1n) is 5.57. The third kappa shape index (κ3) is 2.72. The summed E-state index contributed by atoms with van der Waals surface area (Å²) in [6.07, 6.45) is 3.27. The minimum absolute atomic E-state index is 0.202. The summed E-state index contributed by atoms with van der Waals surface area (Å²) in [5.41, 5.74) is 0.896. The van der Waals surface area contributed by atoms with Crippen molar-refractivity contribution in [1.82, 2.24) is 9.97 Å². The van der Waals surface area contributed by atoms with E-state index in [0.29, 0.717) is 5.13 Å². The van der Waals surface area contributed by atoms with E-state index in [1.807, 2.05) is 5.38 Å². The first kappa shape index (κ1) is 13.2. The van der Waals surface area contributed by atoms with E-state index in [1.165, 1.54) is 22.7 Å². The SMILES string of the molecule is O=S(=O)(Nc1nccs1)c1ccc(-c2nccs2)cc1. The molecule has 0 aliphatic rings. The number of benzene rings is 1. The Morgan fingerprint density at radius 3 is 2.25 bits per heavy atom. The molecule has 0 atom stereocenters. The van der Waals surface area contributed by atoms with Crippen LogP contribution in [0, 0.1) is 0 Å². The fraction of sp³-hybridized carbons (Fsp3) is 0. The van der Waals surface area contributed by atoms with E-state index in [-0.39, 0.29) is 4.90 Å². The lowest BCUT2D eigenvalue weighted by molar-refractivity contribution is 0.601. The van der Waals surface area contributed by atoms with Crippen LogP contribution in [-0.4, -0.2) is 18.4 Å². The molecule has 3 aromatic rings. The summed E-state index contributed by atoms with van der Waals surface area (Å²) in [6.45, 7) is 0. The molecule has 2 heterocycles. The van der Waals surface area contributed by atoms with Gasteiger partial charge >= 0.3 is 0 Å². The van der Waals surface area contributed by atoms with Crippen molar-refractivity contribution in [1.29, 1.82) is 0 Å². The van der Waals surface area contributed by atoms with E-state index in [9.17, 15) is 8.42 Å². The molecular formula is C12H9N3O2S3. The van der Waals surface area contributed by atoms with E-state index >= 15 is 0 Å². The standard InChI is InChI=1S/C12H9N3O2S3/c16-20(17,15-12-14-6-8-19-12)10-3-1-9(2-4-10)11-13-5-7-18-11/h1-8H,(H,14,15). The lowest BCUT2D eigenvalue weighted by atomic mass is 10.2. The third-order valence-corrected chi connectivity index (χ3v) is 5.49. The zero-order chi connectivity index (χ0) is 14.0. The van der Waals surface area contributed by atoms with E-state index in [1.54, 1.807) is 42.0 Å². The molecule has 102 valence electrons. The van der Waals surface area contributed by atoms with Crippen LogP contribution in [0.2, 0.25) is 0 Å². The number of nitrogens with one attached hydrogen (secondary N) is 1. The summed E-state index contributed by atoms with van der Waals surface area (Å²) < 4.78 is 26.7. The second-order valence-electron chi connectivity index (χ2n) is 3.80. The fourth-order valence-electron chi connectivity index (χ4n) is 1.59. The van der Waals surface area contributed by atoms with Gasteiger partial charge in [0, 0.05) is 28.7 Å². The molecule has 1 N–H and O–H groups in total. The van der Waals surface area contributed by atoms with Crippen LogP contribution >= 0.6 is 22.7 Å². The summed E-state index contributed by atoms with van der Waals surface area (Å²) in [5.74, 6) is 0. The second-order valence-corrected chi connectivity index (χ2v) is 7.28. The first-order valence-corrected chi connectivity index (χ1v) is 8.82. The molecule has 0 aliphatic carbocycles. The Morgan fingerprint density at radius 1 is 0.950 bits per heavy atom. The molecule has 0 saturated heterocycles. The quantitative estimate of drug-likeness (QED) is 0.801. The summed E-state index contributed by atoms with van der Waals surface area (Å²) in [7, 11) is -3.59. The molecule has 8 heteroatoms. The lowest BCUT2D eigenvalue weighted by Crippen LogP contribution is -2.12. The van der Waals surface area contributed by atoms with E-state index < -0.39 is 10.0 Å². The molecule has 0 unspecified atom stereocenters. The molecule has 0 fully saturated rings. The highest BCUT2D eigenvalue weighted by Gasteiger charge is 2.15. The number of hydrogen-bond donors (Lipinski definition) is 1. The van der Waals surface area contributed by atoms with Gasteiger partial charge in [-0.1, -0.05) is 12.1 Å². The molecule has 0 spiro atoms. The summed E-state index contributed by atoms with van der Waals surface area (Å²) in [5, 5.41) is 4.81. The maximum absolute atomic E-state index is 12.1. The van der Waals surface area contributed by atoms with Gasteiger partial charge in [-0.05, 0) is 12.1 Å². The highest BCUT2D eigenvalue weighted by atomic mass is 32.2. The van der Waals surface area contributed by atoms with Gasteiger partial charge in [0.15, 0.2) is 5.13 Å². The van der Waals surface area contributed by atoms with Crippen LogP contribution in [0.15, 0.2) is 52.3 Å². The van der Waals surface area contributed by atoms with Crippen LogP contribution in [0.4, 0.5) is 5.13 Å². The van der Waals surface area contributed by atoms with Gasteiger partial charge in [0.25, 0.3) is 10.0 Å². The van der Waals surface area contributed by atoms with Gasteiger partial charge < -0.3 is 0 Å². The van der Waals surface area contributed by atoms with Crippen LogP contribution in [0.1, 0.15) is 0 Å². The molecule has 1 aromatic carbocycles.